The molecule has 1 aliphatic rings. The van der Waals surface area contributed by atoms with Crippen LogP contribution in [0.15, 0.2) is 24.3 Å². The van der Waals surface area contributed by atoms with E-state index >= 15 is 0 Å². The number of anilines is 1. The second-order valence-corrected chi connectivity index (χ2v) is 4.60. The maximum Gasteiger partial charge on any atom is 0.251 e. The molecule has 0 bridgehead atoms. The van der Waals surface area contributed by atoms with Crippen molar-refractivity contribution < 1.29 is 14.3 Å². The van der Waals surface area contributed by atoms with Crippen molar-refractivity contribution in [2.24, 2.45) is 0 Å². The van der Waals surface area contributed by atoms with Crippen LogP contribution in [0.3, 0.4) is 0 Å². The summed E-state index contributed by atoms with van der Waals surface area (Å²) in [5, 5.41) is 5.51. The summed E-state index contributed by atoms with van der Waals surface area (Å²) in [4.78, 5) is 22.8. The van der Waals surface area contributed by atoms with Gasteiger partial charge in [-0.05, 0) is 37.1 Å². The number of carbonyl (C=O) groups excluding carboxylic acids is 2. The Labute approximate surface area is 112 Å². The van der Waals surface area contributed by atoms with Gasteiger partial charge in [-0.25, -0.2) is 0 Å². The van der Waals surface area contributed by atoms with Crippen LogP contribution in [0, 0.1) is 0 Å². The van der Waals surface area contributed by atoms with E-state index < -0.39 is 0 Å². The van der Waals surface area contributed by atoms with Gasteiger partial charge in [-0.2, -0.15) is 0 Å². The molecule has 1 heterocycles. The fourth-order valence-electron chi connectivity index (χ4n) is 2.02. The molecule has 5 heteroatoms. The summed E-state index contributed by atoms with van der Waals surface area (Å²) in [5.74, 6) is -0.250. The molecule has 1 atom stereocenters. The maximum absolute atomic E-state index is 11.9. The van der Waals surface area contributed by atoms with E-state index in [-0.39, 0.29) is 17.9 Å². The van der Waals surface area contributed by atoms with Crippen LogP contribution < -0.4 is 10.6 Å². The third-order valence-corrected chi connectivity index (χ3v) is 2.98. The molecule has 5 nitrogen and oxygen atoms in total. The third kappa shape index (κ3) is 4.06. The Balaban J connectivity index is 1.86. The van der Waals surface area contributed by atoms with Gasteiger partial charge in [0.2, 0.25) is 5.91 Å². The number of hydrogen-bond donors (Lipinski definition) is 2. The Kier molecular flexibility index (Phi) is 4.52. The van der Waals surface area contributed by atoms with Crippen molar-refractivity contribution in [3.05, 3.63) is 29.8 Å². The zero-order valence-electron chi connectivity index (χ0n) is 10.9. The molecule has 0 aliphatic carbocycles. The van der Waals surface area contributed by atoms with Crippen LogP contribution in [0.5, 0.6) is 0 Å². The lowest BCUT2D eigenvalue weighted by Gasteiger charge is -2.11. The van der Waals surface area contributed by atoms with E-state index in [1.54, 1.807) is 24.3 Å². The van der Waals surface area contributed by atoms with Gasteiger partial charge in [0.1, 0.15) is 0 Å². The Morgan fingerprint density at radius 2 is 2.05 bits per heavy atom. The van der Waals surface area contributed by atoms with E-state index in [9.17, 15) is 9.59 Å². The number of benzene rings is 1. The zero-order chi connectivity index (χ0) is 13.7. The largest absolute Gasteiger partial charge is 0.376 e. The first-order chi connectivity index (χ1) is 9.15. The van der Waals surface area contributed by atoms with Gasteiger partial charge in [0, 0.05) is 31.3 Å². The van der Waals surface area contributed by atoms with E-state index in [1.165, 1.54) is 6.92 Å². The fraction of sp³-hybridized carbons (Fsp3) is 0.429. The normalized spacial score (nSPS) is 18.1. The molecule has 1 saturated heterocycles. The summed E-state index contributed by atoms with van der Waals surface area (Å²) >= 11 is 0. The molecule has 0 unspecified atom stereocenters. The molecule has 2 N–H and O–H groups in total. The van der Waals surface area contributed by atoms with E-state index in [4.69, 9.17) is 4.74 Å². The van der Waals surface area contributed by atoms with Gasteiger partial charge < -0.3 is 15.4 Å². The number of nitrogens with one attached hydrogen (secondary N) is 2. The van der Waals surface area contributed by atoms with Crippen molar-refractivity contribution in [3.8, 4) is 0 Å². The number of carbonyl (C=O) groups is 2. The zero-order valence-corrected chi connectivity index (χ0v) is 10.9. The minimum atomic E-state index is -0.129. The highest BCUT2D eigenvalue weighted by Crippen LogP contribution is 2.12. The van der Waals surface area contributed by atoms with Crippen LogP contribution in [0.25, 0.3) is 0 Å². The average Bonchev–Trinajstić information content (AvgIpc) is 2.89. The van der Waals surface area contributed by atoms with E-state index in [1.807, 2.05) is 0 Å². The molecule has 1 aromatic rings. The number of rotatable bonds is 4. The number of amides is 2. The van der Waals surface area contributed by atoms with Crippen LogP contribution in [0.4, 0.5) is 5.69 Å². The van der Waals surface area contributed by atoms with E-state index in [2.05, 4.69) is 10.6 Å². The molecule has 0 saturated carbocycles. The molecule has 19 heavy (non-hydrogen) atoms. The van der Waals surface area contributed by atoms with E-state index in [0.29, 0.717) is 17.8 Å². The smallest absolute Gasteiger partial charge is 0.251 e. The number of hydrogen-bond acceptors (Lipinski definition) is 3. The monoisotopic (exact) mass is 262 g/mol. The van der Waals surface area contributed by atoms with Gasteiger partial charge in [0.25, 0.3) is 5.91 Å². The summed E-state index contributed by atoms with van der Waals surface area (Å²) in [6.45, 7) is 2.78. The second-order valence-electron chi connectivity index (χ2n) is 4.60. The third-order valence-electron chi connectivity index (χ3n) is 2.98. The summed E-state index contributed by atoms with van der Waals surface area (Å²) in [7, 11) is 0. The first-order valence-electron chi connectivity index (χ1n) is 6.42. The van der Waals surface area contributed by atoms with Crippen molar-refractivity contribution >= 4 is 17.5 Å². The summed E-state index contributed by atoms with van der Waals surface area (Å²) in [5.41, 5.74) is 1.26. The SMILES string of the molecule is CC(=O)Nc1ccc(C(=O)NC[C@H]2CCCO2)cc1. The van der Waals surface area contributed by atoms with Crippen molar-refractivity contribution in [2.75, 3.05) is 18.5 Å². The lowest BCUT2D eigenvalue weighted by Crippen LogP contribution is -2.31. The van der Waals surface area contributed by atoms with Crippen LogP contribution in [0.1, 0.15) is 30.1 Å². The van der Waals surface area contributed by atoms with E-state index in [0.717, 1.165) is 19.4 Å². The summed E-state index contributed by atoms with van der Waals surface area (Å²) < 4.78 is 5.44. The van der Waals surface area contributed by atoms with Crippen LogP contribution in [-0.4, -0.2) is 31.1 Å². The average molecular weight is 262 g/mol. The van der Waals surface area contributed by atoms with Gasteiger partial charge >= 0.3 is 0 Å². The van der Waals surface area contributed by atoms with Gasteiger partial charge in [0.05, 0.1) is 6.10 Å². The van der Waals surface area contributed by atoms with Crippen LogP contribution >= 0.6 is 0 Å². The summed E-state index contributed by atoms with van der Waals surface area (Å²) in [6.07, 6.45) is 2.20. The minimum absolute atomic E-state index is 0.120. The molecule has 0 spiro atoms. The first kappa shape index (κ1) is 13.5. The molecule has 0 radical (unpaired) electrons. The van der Waals surface area contributed by atoms with Crippen LogP contribution in [-0.2, 0) is 9.53 Å². The summed E-state index contributed by atoms with van der Waals surface area (Å²) in [6, 6.07) is 6.80. The quantitative estimate of drug-likeness (QED) is 0.865. The van der Waals surface area contributed by atoms with Crippen LogP contribution in [0.2, 0.25) is 0 Å². The van der Waals surface area contributed by atoms with Gasteiger partial charge in [-0.1, -0.05) is 0 Å². The van der Waals surface area contributed by atoms with Gasteiger partial charge in [-0.15, -0.1) is 0 Å². The minimum Gasteiger partial charge on any atom is -0.376 e. The predicted octanol–water partition coefficient (Wildman–Crippen LogP) is 1.55. The molecular formula is C14H18N2O3. The Morgan fingerprint density at radius 1 is 1.32 bits per heavy atom. The van der Waals surface area contributed by atoms with Crippen molar-refractivity contribution in [3.63, 3.8) is 0 Å². The van der Waals surface area contributed by atoms with Crippen molar-refractivity contribution in [1.82, 2.24) is 5.32 Å². The predicted molar refractivity (Wildman–Crippen MR) is 72.1 cm³/mol. The highest BCUT2D eigenvalue weighted by atomic mass is 16.5. The lowest BCUT2D eigenvalue weighted by molar-refractivity contribution is -0.114. The Hall–Kier alpha value is -1.88. The standard InChI is InChI=1S/C14H18N2O3/c1-10(17)16-12-6-4-11(5-7-12)14(18)15-9-13-3-2-8-19-13/h4-7,13H,2-3,8-9H2,1H3,(H,15,18)(H,16,17)/t13-/m1/s1. The number of ether oxygens (including phenoxy) is 1. The molecular weight excluding hydrogens is 244 g/mol. The lowest BCUT2D eigenvalue weighted by atomic mass is 10.2. The molecule has 1 aliphatic heterocycles. The molecule has 2 amide bonds. The topological polar surface area (TPSA) is 67.4 Å². The fourth-order valence-corrected chi connectivity index (χ4v) is 2.02. The molecule has 1 aromatic carbocycles. The highest BCUT2D eigenvalue weighted by Gasteiger charge is 2.16. The van der Waals surface area contributed by atoms with Crippen molar-refractivity contribution in [2.45, 2.75) is 25.9 Å². The second kappa shape index (κ2) is 6.33. The molecule has 102 valence electrons. The molecule has 0 aromatic heterocycles. The van der Waals surface area contributed by atoms with Gasteiger partial charge in [0.15, 0.2) is 0 Å². The van der Waals surface area contributed by atoms with Gasteiger partial charge in [-0.3, -0.25) is 9.59 Å². The van der Waals surface area contributed by atoms with Crippen molar-refractivity contribution in [1.29, 1.82) is 0 Å². The maximum atomic E-state index is 11.9. The Bertz CT molecular complexity index is 450. The Morgan fingerprint density at radius 3 is 2.63 bits per heavy atom. The molecule has 1 fully saturated rings. The highest BCUT2D eigenvalue weighted by molar-refractivity contribution is 5.95. The first-order valence-corrected chi connectivity index (χ1v) is 6.42. The molecule has 2 rings (SSSR count).